The summed E-state index contributed by atoms with van der Waals surface area (Å²) in [7, 11) is 4.54. The van der Waals surface area contributed by atoms with Crippen LogP contribution in [-0.2, 0) is 0 Å². The van der Waals surface area contributed by atoms with Gasteiger partial charge in [0.2, 0.25) is 0 Å². The van der Waals surface area contributed by atoms with Gasteiger partial charge in [-0.1, -0.05) is 51.7 Å². The lowest BCUT2D eigenvalue weighted by molar-refractivity contribution is 0.0806. The van der Waals surface area contributed by atoms with Gasteiger partial charge in [-0.15, -0.1) is 0 Å². The quantitative estimate of drug-likeness (QED) is 0.554. The van der Waals surface area contributed by atoms with Crippen molar-refractivity contribution in [3.05, 3.63) is 12.2 Å². The molecule has 1 unspecified atom stereocenters. The first-order chi connectivity index (χ1) is 9.06. The zero-order chi connectivity index (χ0) is 14.3. The van der Waals surface area contributed by atoms with Gasteiger partial charge in [0.05, 0.1) is 0 Å². The maximum absolute atomic E-state index is 4.25. The van der Waals surface area contributed by atoms with Crippen molar-refractivity contribution in [2.24, 2.45) is 0 Å². The van der Waals surface area contributed by atoms with Crippen LogP contribution in [0.15, 0.2) is 12.2 Å². The molecule has 0 spiro atoms. The molecule has 1 atom stereocenters. The average molecular weight is 266 g/mol. The van der Waals surface area contributed by atoms with Crippen LogP contribution in [0, 0.1) is 0 Å². The molecule has 0 amide bonds. The molecule has 1 saturated carbocycles. The van der Waals surface area contributed by atoms with Crippen molar-refractivity contribution in [3.63, 3.8) is 0 Å². The number of hydrogen-bond acceptors (Lipinski definition) is 2. The highest BCUT2D eigenvalue weighted by atomic mass is 15.2. The van der Waals surface area contributed by atoms with Crippen molar-refractivity contribution in [1.82, 2.24) is 10.2 Å². The fourth-order valence-corrected chi connectivity index (χ4v) is 3.58. The summed E-state index contributed by atoms with van der Waals surface area (Å²) in [5.41, 5.74) is 1.71. The number of rotatable bonds is 7. The van der Waals surface area contributed by atoms with Crippen LogP contribution in [0.25, 0.3) is 0 Å². The summed E-state index contributed by atoms with van der Waals surface area (Å²) in [6.45, 7) is 9.75. The van der Waals surface area contributed by atoms with Crippen LogP contribution >= 0.6 is 0 Å². The Kier molecular flexibility index (Phi) is 7.09. The minimum Gasteiger partial charge on any atom is -0.312 e. The Balaban J connectivity index is 2.92. The third-order valence-electron chi connectivity index (χ3n) is 4.95. The van der Waals surface area contributed by atoms with E-state index in [1.165, 1.54) is 44.1 Å². The molecule has 0 aromatic rings. The monoisotopic (exact) mass is 266 g/mol. The Morgan fingerprint density at radius 1 is 1.16 bits per heavy atom. The van der Waals surface area contributed by atoms with Crippen LogP contribution in [0.3, 0.4) is 0 Å². The molecule has 1 aliphatic rings. The molecule has 1 N–H and O–H groups in total. The summed E-state index contributed by atoms with van der Waals surface area (Å²) in [6, 6.07) is 0.554. The molecule has 2 heteroatoms. The first kappa shape index (κ1) is 16.7. The van der Waals surface area contributed by atoms with E-state index in [-0.39, 0.29) is 0 Å². The Morgan fingerprint density at radius 3 is 2.16 bits per heavy atom. The molecule has 1 rings (SSSR count). The van der Waals surface area contributed by atoms with Gasteiger partial charge >= 0.3 is 0 Å². The largest absolute Gasteiger partial charge is 0.312 e. The molecule has 1 fully saturated rings. The number of nitrogens with zero attached hydrogens (tertiary/aromatic N) is 1. The van der Waals surface area contributed by atoms with Gasteiger partial charge in [-0.3, -0.25) is 0 Å². The van der Waals surface area contributed by atoms with Crippen LogP contribution in [-0.4, -0.2) is 37.1 Å². The summed E-state index contributed by atoms with van der Waals surface area (Å²) < 4.78 is 0. The highest BCUT2D eigenvalue weighted by Gasteiger charge is 2.40. The third kappa shape index (κ3) is 4.32. The molecule has 0 aromatic carbocycles. The van der Waals surface area contributed by atoms with Crippen molar-refractivity contribution in [3.8, 4) is 0 Å². The van der Waals surface area contributed by atoms with Crippen LogP contribution in [0.4, 0.5) is 0 Å². The molecule has 0 aromatic heterocycles. The van der Waals surface area contributed by atoms with Crippen LogP contribution in [0.2, 0.25) is 0 Å². The second-order valence-corrected chi connectivity index (χ2v) is 6.33. The first-order valence-corrected chi connectivity index (χ1v) is 8.14. The van der Waals surface area contributed by atoms with E-state index in [4.69, 9.17) is 0 Å². The molecule has 0 bridgehead atoms. The molecule has 2 nitrogen and oxygen atoms in total. The number of nitrogens with one attached hydrogen (secondary N) is 1. The van der Waals surface area contributed by atoms with E-state index < -0.39 is 0 Å². The van der Waals surface area contributed by atoms with Crippen molar-refractivity contribution in [1.29, 1.82) is 0 Å². The summed E-state index contributed by atoms with van der Waals surface area (Å²) in [4.78, 5) is 2.49. The molecular weight excluding hydrogens is 232 g/mol. The van der Waals surface area contributed by atoms with Gasteiger partial charge in [-0.25, -0.2) is 0 Å². The van der Waals surface area contributed by atoms with Crippen molar-refractivity contribution < 1.29 is 0 Å². The van der Waals surface area contributed by atoms with E-state index in [1.807, 2.05) is 0 Å². The normalized spacial score (nSPS) is 21.1. The minimum atomic E-state index is 0.324. The lowest BCUT2D eigenvalue weighted by Gasteiger charge is -2.46. The smallest absolute Gasteiger partial charge is 0.0359 e. The van der Waals surface area contributed by atoms with Crippen LogP contribution in [0.1, 0.15) is 65.2 Å². The minimum absolute atomic E-state index is 0.324. The van der Waals surface area contributed by atoms with Gasteiger partial charge in [-0.05, 0) is 46.3 Å². The second kappa shape index (κ2) is 8.06. The third-order valence-corrected chi connectivity index (χ3v) is 4.95. The van der Waals surface area contributed by atoms with E-state index in [0.717, 1.165) is 19.4 Å². The Labute approximate surface area is 120 Å². The van der Waals surface area contributed by atoms with Crippen molar-refractivity contribution in [2.75, 3.05) is 20.6 Å². The number of hydrogen-bond donors (Lipinski definition) is 1. The van der Waals surface area contributed by atoms with Gasteiger partial charge in [0.15, 0.2) is 0 Å². The van der Waals surface area contributed by atoms with E-state index in [2.05, 4.69) is 44.7 Å². The highest BCUT2D eigenvalue weighted by Crippen LogP contribution is 2.36. The summed E-state index contributed by atoms with van der Waals surface area (Å²) in [6.07, 6.45) is 10.4. The van der Waals surface area contributed by atoms with E-state index in [9.17, 15) is 0 Å². The second-order valence-electron chi connectivity index (χ2n) is 6.33. The molecule has 0 radical (unpaired) electrons. The Hall–Kier alpha value is -0.340. The van der Waals surface area contributed by atoms with Crippen LogP contribution < -0.4 is 5.32 Å². The van der Waals surface area contributed by atoms with Crippen molar-refractivity contribution in [2.45, 2.75) is 76.8 Å². The van der Waals surface area contributed by atoms with Gasteiger partial charge in [-0.2, -0.15) is 0 Å². The zero-order valence-corrected chi connectivity index (χ0v) is 13.6. The molecule has 0 saturated heterocycles. The predicted molar refractivity (Wildman–Crippen MR) is 85.6 cm³/mol. The molecule has 0 heterocycles. The van der Waals surface area contributed by atoms with Gasteiger partial charge < -0.3 is 10.2 Å². The highest BCUT2D eigenvalue weighted by molar-refractivity contribution is 5.07. The fraction of sp³-hybridized carbons (Fsp3) is 0.882. The average Bonchev–Trinajstić information content (AvgIpc) is 2.64. The van der Waals surface area contributed by atoms with E-state index in [0.29, 0.717) is 11.6 Å². The predicted octanol–water partition coefficient (Wildman–Crippen LogP) is 3.98. The maximum Gasteiger partial charge on any atom is 0.0359 e. The molecule has 19 heavy (non-hydrogen) atoms. The van der Waals surface area contributed by atoms with E-state index in [1.54, 1.807) is 0 Å². The molecular formula is C17H34N2. The van der Waals surface area contributed by atoms with Gasteiger partial charge in [0.1, 0.15) is 0 Å². The summed E-state index contributed by atoms with van der Waals surface area (Å²) in [5, 5.41) is 3.76. The standard InChI is InChI=1S/C17H34N2/c1-6-15(3)14-16(18-7-2)17(19(4)5)12-10-8-9-11-13-17/h16,18H,3,6-14H2,1-2,4-5H3. The SMILES string of the molecule is C=C(CC)CC(NCC)C1(N(C)C)CCCCCC1. The van der Waals surface area contributed by atoms with Gasteiger partial charge in [0, 0.05) is 11.6 Å². The zero-order valence-electron chi connectivity index (χ0n) is 13.6. The Bertz CT molecular complexity index is 262. The number of likely N-dealkylation sites (N-methyl/N-ethyl adjacent to an activating group) is 2. The first-order valence-electron chi connectivity index (χ1n) is 8.14. The molecule has 112 valence electrons. The molecule has 1 aliphatic carbocycles. The summed E-state index contributed by atoms with van der Waals surface area (Å²) in [5.74, 6) is 0. The van der Waals surface area contributed by atoms with Crippen LogP contribution in [0.5, 0.6) is 0 Å². The lowest BCUT2D eigenvalue weighted by Crippen LogP contribution is -2.59. The summed E-state index contributed by atoms with van der Waals surface area (Å²) >= 11 is 0. The maximum atomic E-state index is 4.25. The topological polar surface area (TPSA) is 15.3 Å². The Morgan fingerprint density at radius 2 is 1.74 bits per heavy atom. The van der Waals surface area contributed by atoms with Gasteiger partial charge in [0.25, 0.3) is 0 Å². The van der Waals surface area contributed by atoms with E-state index >= 15 is 0 Å². The fourth-order valence-electron chi connectivity index (χ4n) is 3.58. The van der Waals surface area contributed by atoms with Crippen molar-refractivity contribution >= 4 is 0 Å². The molecule has 0 aliphatic heterocycles. The lowest BCUT2D eigenvalue weighted by atomic mass is 9.78.